The van der Waals surface area contributed by atoms with Gasteiger partial charge in [-0.2, -0.15) is 17.0 Å². The lowest BCUT2D eigenvalue weighted by Crippen LogP contribution is -2.34. The Morgan fingerprint density at radius 1 is 1.35 bits per heavy atom. The van der Waals surface area contributed by atoms with E-state index >= 15 is 0 Å². The summed E-state index contributed by atoms with van der Waals surface area (Å²) >= 11 is 2.01. The first-order valence-electron chi connectivity index (χ1n) is 6.76. The normalized spacial score (nSPS) is 24.8. The van der Waals surface area contributed by atoms with Crippen molar-refractivity contribution in [1.29, 1.82) is 5.26 Å². The Morgan fingerprint density at radius 2 is 2.12 bits per heavy atom. The molecule has 0 heterocycles. The van der Waals surface area contributed by atoms with Crippen LogP contribution in [0.2, 0.25) is 0 Å². The molecule has 0 saturated heterocycles. The predicted molar refractivity (Wildman–Crippen MR) is 76.2 cm³/mol. The molecule has 0 bridgehead atoms. The first-order chi connectivity index (χ1) is 8.09. The van der Waals surface area contributed by atoms with E-state index in [0.29, 0.717) is 0 Å². The third kappa shape index (κ3) is 5.31. The van der Waals surface area contributed by atoms with Crippen LogP contribution in [0.25, 0.3) is 0 Å². The minimum absolute atomic E-state index is 0.144. The molecule has 1 aliphatic rings. The number of nitrogens with zero attached hydrogens (tertiary/aromatic N) is 1. The molecule has 0 aromatic carbocycles. The fourth-order valence-electron chi connectivity index (χ4n) is 2.48. The number of unbranched alkanes of at least 4 members (excludes halogenated alkanes) is 1. The number of rotatable bonds is 7. The van der Waals surface area contributed by atoms with Gasteiger partial charge >= 0.3 is 0 Å². The Balaban J connectivity index is 2.07. The van der Waals surface area contributed by atoms with Gasteiger partial charge in [-0.1, -0.05) is 12.8 Å². The zero-order valence-corrected chi connectivity index (χ0v) is 12.3. The van der Waals surface area contributed by atoms with Crippen LogP contribution in [0.1, 0.15) is 52.4 Å². The van der Waals surface area contributed by atoms with Crippen LogP contribution < -0.4 is 5.32 Å². The average Bonchev–Trinajstić information content (AvgIpc) is 2.76. The number of hydrogen-bond acceptors (Lipinski definition) is 3. The van der Waals surface area contributed by atoms with Gasteiger partial charge in [0, 0.05) is 11.3 Å². The van der Waals surface area contributed by atoms with Crippen molar-refractivity contribution in [1.82, 2.24) is 5.32 Å². The van der Waals surface area contributed by atoms with Gasteiger partial charge in [0.05, 0.1) is 11.5 Å². The van der Waals surface area contributed by atoms with E-state index in [-0.39, 0.29) is 5.41 Å². The first kappa shape index (κ1) is 14.9. The van der Waals surface area contributed by atoms with Crippen LogP contribution in [0.5, 0.6) is 0 Å². The standard InChI is InChI=1S/C14H26N2S/c1-14(2,11-15)9-4-5-10-16-12-7-6-8-13(12)17-3/h12-13,16H,4-10H2,1-3H3. The molecule has 0 spiro atoms. The second-order valence-electron chi connectivity index (χ2n) is 5.72. The van der Waals surface area contributed by atoms with E-state index in [2.05, 4.69) is 17.6 Å². The summed E-state index contributed by atoms with van der Waals surface area (Å²) in [7, 11) is 0. The smallest absolute Gasteiger partial charge is 0.0683 e. The maximum Gasteiger partial charge on any atom is 0.0683 e. The van der Waals surface area contributed by atoms with Gasteiger partial charge in [-0.25, -0.2) is 0 Å². The molecular weight excluding hydrogens is 228 g/mol. The summed E-state index contributed by atoms with van der Waals surface area (Å²) < 4.78 is 0. The number of hydrogen-bond donors (Lipinski definition) is 1. The highest BCUT2D eigenvalue weighted by Gasteiger charge is 2.25. The maximum atomic E-state index is 8.92. The van der Waals surface area contributed by atoms with E-state index in [4.69, 9.17) is 5.26 Å². The van der Waals surface area contributed by atoms with Crippen molar-refractivity contribution >= 4 is 11.8 Å². The molecule has 1 N–H and O–H groups in total. The molecule has 2 atom stereocenters. The highest BCUT2D eigenvalue weighted by molar-refractivity contribution is 7.99. The van der Waals surface area contributed by atoms with Gasteiger partial charge in [0.2, 0.25) is 0 Å². The Morgan fingerprint density at radius 3 is 2.76 bits per heavy atom. The molecule has 0 aromatic heterocycles. The highest BCUT2D eigenvalue weighted by Crippen LogP contribution is 2.28. The molecule has 17 heavy (non-hydrogen) atoms. The summed E-state index contributed by atoms with van der Waals surface area (Å²) in [5.74, 6) is 0. The first-order valence-corrected chi connectivity index (χ1v) is 8.05. The summed E-state index contributed by atoms with van der Waals surface area (Å²) in [6.45, 7) is 5.17. The molecule has 1 fully saturated rings. The fourth-order valence-corrected chi connectivity index (χ4v) is 3.44. The fraction of sp³-hybridized carbons (Fsp3) is 0.929. The molecular formula is C14H26N2S. The van der Waals surface area contributed by atoms with Gasteiger partial charge < -0.3 is 5.32 Å². The molecule has 3 heteroatoms. The van der Waals surface area contributed by atoms with E-state index in [1.807, 2.05) is 25.6 Å². The van der Waals surface area contributed by atoms with Crippen LogP contribution in [0.15, 0.2) is 0 Å². The topological polar surface area (TPSA) is 35.8 Å². The van der Waals surface area contributed by atoms with Crippen molar-refractivity contribution in [3.63, 3.8) is 0 Å². The summed E-state index contributed by atoms with van der Waals surface area (Å²) in [4.78, 5) is 0. The Labute approximate surface area is 111 Å². The van der Waals surface area contributed by atoms with Crippen molar-refractivity contribution in [3.8, 4) is 6.07 Å². The SMILES string of the molecule is CSC1CCCC1NCCCCC(C)(C)C#N. The van der Waals surface area contributed by atoms with Crippen LogP contribution in [0.3, 0.4) is 0 Å². The van der Waals surface area contributed by atoms with Gasteiger partial charge in [-0.15, -0.1) is 0 Å². The monoisotopic (exact) mass is 254 g/mol. The van der Waals surface area contributed by atoms with E-state index in [0.717, 1.165) is 30.7 Å². The highest BCUT2D eigenvalue weighted by atomic mass is 32.2. The molecule has 1 saturated carbocycles. The summed E-state index contributed by atoms with van der Waals surface area (Å²) in [5.41, 5.74) is -0.144. The number of nitriles is 1. The Hall–Kier alpha value is -0.200. The van der Waals surface area contributed by atoms with E-state index in [1.165, 1.54) is 25.7 Å². The quantitative estimate of drug-likeness (QED) is 0.705. The summed E-state index contributed by atoms with van der Waals surface area (Å²) in [5, 5.41) is 13.4. The van der Waals surface area contributed by atoms with Crippen LogP contribution in [0, 0.1) is 16.7 Å². The second kappa shape index (κ2) is 7.28. The van der Waals surface area contributed by atoms with Crippen molar-refractivity contribution in [2.45, 2.75) is 63.7 Å². The van der Waals surface area contributed by atoms with Crippen LogP contribution in [-0.4, -0.2) is 24.1 Å². The number of thioether (sulfide) groups is 1. The third-order valence-corrected chi connectivity index (χ3v) is 4.86. The van der Waals surface area contributed by atoms with Gasteiger partial charge in [0.15, 0.2) is 0 Å². The molecule has 98 valence electrons. The van der Waals surface area contributed by atoms with E-state index in [9.17, 15) is 0 Å². The van der Waals surface area contributed by atoms with Crippen LogP contribution in [0.4, 0.5) is 0 Å². The minimum atomic E-state index is -0.144. The van der Waals surface area contributed by atoms with Gasteiger partial charge in [-0.05, 0) is 52.3 Å². The lowest BCUT2D eigenvalue weighted by molar-refractivity contribution is 0.415. The van der Waals surface area contributed by atoms with E-state index < -0.39 is 0 Å². The maximum absolute atomic E-state index is 8.92. The molecule has 2 unspecified atom stereocenters. The van der Waals surface area contributed by atoms with Crippen LogP contribution >= 0.6 is 11.8 Å². The minimum Gasteiger partial charge on any atom is -0.313 e. The van der Waals surface area contributed by atoms with Gasteiger partial charge in [0.25, 0.3) is 0 Å². The van der Waals surface area contributed by atoms with Crippen LogP contribution in [-0.2, 0) is 0 Å². The van der Waals surface area contributed by atoms with E-state index in [1.54, 1.807) is 0 Å². The van der Waals surface area contributed by atoms with Crippen molar-refractivity contribution in [3.05, 3.63) is 0 Å². The molecule has 2 nitrogen and oxygen atoms in total. The van der Waals surface area contributed by atoms with Gasteiger partial charge in [0.1, 0.15) is 0 Å². The van der Waals surface area contributed by atoms with Crippen molar-refractivity contribution in [2.24, 2.45) is 5.41 Å². The molecule has 0 aliphatic heterocycles. The molecule has 0 aromatic rings. The predicted octanol–water partition coefficient (Wildman–Crippen LogP) is 3.58. The van der Waals surface area contributed by atoms with Gasteiger partial charge in [-0.3, -0.25) is 0 Å². The third-order valence-electron chi connectivity index (χ3n) is 3.69. The Bertz CT molecular complexity index is 257. The second-order valence-corrected chi connectivity index (χ2v) is 6.80. The number of nitrogens with one attached hydrogen (secondary N) is 1. The lowest BCUT2D eigenvalue weighted by atomic mass is 9.89. The largest absolute Gasteiger partial charge is 0.313 e. The molecule has 1 aliphatic carbocycles. The molecule has 1 rings (SSSR count). The average molecular weight is 254 g/mol. The van der Waals surface area contributed by atoms with Crippen molar-refractivity contribution < 1.29 is 0 Å². The zero-order chi connectivity index (χ0) is 12.7. The summed E-state index contributed by atoms with van der Waals surface area (Å²) in [6.07, 6.45) is 9.69. The zero-order valence-electron chi connectivity index (χ0n) is 11.5. The summed E-state index contributed by atoms with van der Waals surface area (Å²) in [6, 6.07) is 3.10. The molecule has 0 radical (unpaired) electrons. The van der Waals surface area contributed by atoms with Crippen molar-refractivity contribution in [2.75, 3.05) is 12.8 Å². The molecule has 0 amide bonds. The Kier molecular flexibility index (Phi) is 6.37. The lowest BCUT2D eigenvalue weighted by Gasteiger charge is -2.20.